The van der Waals surface area contributed by atoms with Crippen LogP contribution in [0.25, 0.3) is 21.5 Å². The van der Waals surface area contributed by atoms with Gasteiger partial charge in [0.1, 0.15) is 0 Å². The van der Waals surface area contributed by atoms with Crippen molar-refractivity contribution in [2.75, 3.05) is 0 Å². The molecule has 1 aromatic carbocycles. The summed E-state index contributed by atoms with van der Waals surface area (Å²) in [6, 6.07) is 10.4. The van der Waals surface area contributed by atoms with E-state index in [1.807, 2.05) is 12.1 Å². The number of fused-ring (bicyclic) bond motifs is 1. The van der Waals surface area contributed by atoms with Crippen LogP contribution >= 0.6 is 11.3 Å². The van der Waals surface area contributed by atoms with Gasteiger partial charge in [-0.05, 0) is 48.8 Å². The van der Waals surface area contributed by atoms with Gasteiger partial charge < -0.3 is 4.98 Å². The number of carbonyl (C=O) groups is 1. The van der Waals surface area contributed by atoms with E-state index < -0.39 is 0 Å². The molecule has 0 unspecified atom stereocenters. The molecule has 0 atom stereocenters. The highest BCUT2D eigenvalue weighted by Gasteiger charge is 2.24. The van der Waals surface area contributed by atoms with Crippen molar-refractivity contribution in [3.8, 4) is 10.6 Å². The number of aromatic amines is 1. The minimum absolute atomic E-state index is 0.124. The van der Waals surface area contributed by atoms with Crippen LogP contribution < -0.4 is 0 Å². The standard InChI is InChI=1S/C20H21NOS/c1-13(22)15-9-10-16-17(12-15)21-20(18-8-5-11-23-18)19(16)14-6-3-2-4-7-14/h5,8-12,14,21H,2-4,6-7H2,1H3. The molecular weight excluding hydrogens is 302 g/mol. The third kappa shape index (κ3) is 2.63. The lowest BCUT2D eigenvalue weighted by Gasteiger charge is -2.22. The molecule has 1 aliphatic carbocycles. The summed E-state index contributed by atoms with van der Waals surface area (Å²) in [5.41, 5.74) is 4.62. The molecule has 0 spiro atoms. The molecule has 2 heterocycles. The largest absolute Gasteiger partial charge is 0.354 e. The molecule has 0 bridgehead atoms. The van der Waals surface area contributed by atoms with E-state index in [9.17, 15) is 4.79 Å². The van der Waals surface area contributed by atoms with Crippen molar-refractivity contribution < 1.29 is 4.79 Å². The molecular formula is C20H21NOS. The van der Waals surface area contributed by atoms with Gasteiger partial charge in [-0.15, -0.1) is 11.3 Å². The minimum Gasteiger partial charge on any atom is -0.354 e. The maximum Gasteiger partial charge on any atom is 0.159 e. The number of thiophene rings is 1. The molecule has 0 amide bonds. The van der Waals surface area contributed by atoms with Crippen molar-refractivity contribution in [2.45, 2.75) is 44.9 Å². The van der Waals surface area contributed by atoms with Crippen molar-refractivity contribution in [1.82, 2.24) is 4.98 Å². The quantitative estimate of drug-likeness (QED) is 0.576. The summed E-state index contributed by atoms with van der Waals surface area (Å²) < 4.78 is 0. The van der Waals surface area contributed by atoms with Gasteiger partial charge in [-0.1, -0.05) is 37.5 Å². The topological polar surface area (TPSA) is 32.9 Å². The first-order valence-corrected chi connectivity index (χ1v) is 9.32. The van der Waals surface area contributed by atoms with E-state index in [-0.39, 0.29) is 5.78 Å². The molecule has 0 aliphatic heterocycles. The van der Waals surface area contributed by atoms with Crippen molar-refractivity contribution in [3.63, 3.8) is 0 Å². The van der Waals surface area contributed by atoms with E-state index in [4.69, 9.17) is 0 Å². The van der Waals surface area contributed by atoms with Gasteiger partial charge in [0, 0.05) is 16.5 Å². The Morgan fingerprint density at radius 2 is 2.00 bits per heavy atom. The third-order valence-corrected chi connectivity index (χ3v) is 5.91. The van der Waals surface area contributed by atoms with Crippen LogP contribution in [-0.4, -0.2) is 10.8 Å². The fraction of sp³-hybridized carbons (Fsp3) is 0.350. The van der Waals surface area contributed by atoms with Gasteiger partial charge in [0.15, 0.2) is 5.78 Å². The van der Waals surface area contributed by atoms with Crippen LogP contribution in [0.4, 0.5) is 0 Å². The highest BCUT2D eigenvalue weighted by molar-refractivity contribution is 7.13. The van der Waals surface area contributed by atoms with Gasteiger partial charge in [-0.3, -0.25) is 4.79 Å². The second kappa shape index (κ2) is 5.97. The molecule has 0 radical (unpaired) electrons. The number of ketones is 1. The van der Waals surface area contributed by atoms with E-state index in [0.29, 0.717) is 5.92 Å². The Labute approximate surface area is 140 Å². The molecule has 2 nitrogen and oxygen atoms in total. The number of carbonyl (C=O) groups excluding carboxylic acids is 1. The zero-order valence-corrected chi connectivity index (χ0v) is 14.2. The molecule has 23 heavy (non-hydrogen) atoms. The summed E-state index contributed by atoms with van der Waals surface area (Å²) in [6.45, 7) is 1.63. The van der Waals surface area contributed by atoms with Crippen LogP contribution in [0.15, 0.2) is 35.7 Å². The van der Waals surface area contributed by atoms with Gasteiger partial charge in [0.25, 0.3) is 0 Å². The maximum absolute atomic E-state index is 11.7. The van der Waals surface area contributed by atoms with E-state index in [1.165, 1.54) is 53.6 Å². The molecule has 118 valence electrons. The van der Waals surface area contributed by atoms with Crippen LogP contribution in [0.5, 0.6) is 0 Å². The van der Waals surface area contributed by atoms with Crippen LogP contribution in [0, 0.1) is 0 Å². The van der Waals surface area contributed by atoms with Gasteiger partial charge in [-0.2, -0.15) is 0 Å². The number of rotatable bonds is 3. The molecule has 3 aromatic rings. The molecule has 1 saturated carbocycles. The highest BCUT2D eigenvalue weighted by Crippen LogP contribution is 2.43. The van der Waals surface area contributed by atoms with Crippen LogP contribution in [-0.2, 0) is 0 Å². The summed E-state index contributed by atoms with van der Waals surface area (Å²) in [6.07, 6.45) is 6.57. The van der Waals surface area contributed by atoms with Gasteiger partial charge in [-0.25, -0.2) is 0 Å². The summed E-state index contributed by atoms with van der Waals surface area (Å²) in [4.78, 5) is 16.6. The number of Topliss-reactive ketones (excluding diaryl/α,β-unsaturated/α-hetero) is 1. The predicted octanol–water partition coefficient (Wildman–Crippen LogP) is 6.15. The Kier molecular flexibility index (Phi) is 3.82. The first-order valence-electron chi connectivity index (χ1n) is 8.44. The van der Waals surface area contributed by atoms with E-state index in [0.717, 1.165) is 11.1 Å². The van der Waals surface area contributed by atoms with Crippen molar-refractivity contribution in [1.29, 1.82) is 0 Å². The first-order chi connectivity index (χ1) is 11.2. The Hall–Kier alpha value is -1.87. The zero-order valence-electron chi connectivity index (χ0n) is 13.4. The third-order valence-electron chi connectivity index (χ3n) is 5.03. The average molecular weight is 323 g/mol. The van der Waals surface area contributed by atoms with E-state index in [2.05, 4.69) is 28.6 Å². The SMILES string of the molecule is CC(=O)c1ccc2c(C3CCCCC3)c(-c3cccs3)[nH]c2c1. The van der Waals surface area contributed by atoms with Crippen LogP contribution in [0.2, 0.25) is 0 Å². The number of hydrogen-bond acceptors (Lipinski definition) is 2. The normalized spacial score (nSPS) is 16.0. The molecule has 0 saturated heterocycles. The van der Waals surface area contributed by atoms with Crippen molar-refractivity contribution in [2.24, 2.45) is 0 Å². The van der Waals surface area contributed by atoms with Gasteiger partial charge in [0.05, 0.1) is 10.6 Å². The van der Waals surface area contributed by atoms with E-state index in [1.54, 1.807) is 18.3 Å². The minimum atomic E-state index is 0.124. The number of H-pyrrole nitrogens is 1. The Morgan fingerprint density at radius 1 is 1.17 bits per heavy atom. The predicted molar refractivity (Wildman–Crippen MR) is 97.4 cm³/mol. The first kappa shape index (κ1) is 14.7. The monoisotopic (exact) mass is 323 g/mol. The van der Waals surface area contributed by atoms with Crippen molar-refractivity contribution >= 4 is 28.0 Å². The Balaban J connectivity index is 1.92. The average Bonchev–Trinajstić information content (AvgIpc) is 3.22. The molecule has 1 fully saturated rings. The lowest BCUT2D eigenvalue weighted by Crippen LogP contribution is -2.05. The molecule has 4 rings (SSSR count). The molecule has 1 N–H and O–H groups in total. The number of benzene rings is 1. The highest BCUT2D eigenvalue weighted by atomic mass is 32.1. The van der Waals surface area contributed by atoms with Crippen LogP contribution in [0.3, 0.4) is 0 Å². The smallest absolute Gasteiger partial charge is 0.159 e. The second-order valence-electron chi connectivity index (χ2n) is 6.54. The number of hydrogen-bond donors (Lipinski definition) is 1. The number of aromatic nitrogens is 1. The fourth-order valence-corrected chi connectivity index (χ4v) is 4.61. The van der Waals surface area contributed by atoms with Gasteiger partial charge >= 0.3 is 0 Å². The maximum atomic E-state index is 11.7. The second-order valence-corrected chi connectivity index (χ2v) is 7.49. The zero-order chi connectivity index (χ0) is 15.8. The Morgan fingerprint density at radius 3 is 2.70 bits per heavy atom. The summed E-state index contributed by atoms with van der Waals surface area (Å²) in [5.74, 6) is 0.760. The summed E-state index contributed by atoms with van der Waals surface area (Å²) in [7, 11) is 0. The Bertz CT molecular complexity index is 838. The van der Waals surface area contributed by atoms with Gasteiger partial charge in [0.2, 0.25) is 0 Å². The molecule has 1 aliphatic rings. The summed E-state index contributed by atoms with van der Waals surface area (Å²) in [5, 5.41) is 3.43. The number of nitrogens with one attached hydrogen (secondary N) is 1. The summed E-state index contributed by atoms with van der Waals surface area (Å²) >= 11 is 1.78. The van der Waals surface area contributed by atoms with Crippen LogP contribution in [0.1, 0.15) is 60.9 Å². The lowest BCUT2D eigenvalue weighted by molar-refractivity contribution is 0.101. The lowest BCUT2D eigenvalue weighted by atomic mass is 9.82. The molecule has 3 heteroatoms. The van der Waals surface area contributed by atoms with Crippen molar-refractivity contribution in [3.05, 3.63) is 46.8 Å². The van der Waals surface area contributed by atoms with E-state index >= 15 is 0 Å². The fourth-order valence-electron chi connectivity index (χ4n) is 3.87. The molecule has 2 aromatic heterocycles.